The summed E-state index contributed by atoms with van der Waals surface area (Å²) in [7, 11) is 0. The number of anilines is 1. The molecule has 2 aliphatic heterocycles. The first-order valence-corrected chi connectivity index (χ1v) is 8.90. The molecule has 2 fully saturated rings. The van der Waals surface area contributed by atoms with Crippen LogP contribution in [-0.4, -0.2) is 59.0 Å². The average molecular weight is 371 g/mol. The first-order valence-electron chi connectivity index (χ1n) is 8.90. The van der Waals surface area contributed by atoms with Crippen LogP contribution in [-0.2, 0) is 14.4 Å². The number of carbonyl (C=O) groups excluding carboxylic acids is 5. The van der Waals surface area contributed by atoms with Crippen LogP contribution in [0.15, 0.2) is 24.3 Å². The SMILES string of the molecule is CC(C)CN1C(=O)C(=O)N(CC(=O)c2cccc(N3CCCC3=O)c2)C1=O. The molecular weight excluding hydrogens is 350 g/mol. The van der Waals surface area contributed by atoms with Crippen molar-refractivity contribution in [2.24, 2.45) is 5.92 Å². The Hall–Kier alpha value is -3.03. The molecule has 0 saturated carbocycles. The van der Waals surface area contributed by atoms with E-state index in [1.165, 1.54) is 0 Å². The normalized spacial score (nSPS) is 17.7. The molecule has 5 amide bonds. The standard InChI is InChI=1S/C19H21N3O5/c1-12(2)10-21-17(25)18(26)22(19(21)27)11-15(23)13-5-3-6-14(9-13)20-8-4-7-16(20)24/h3,5-6,9,12H,4,7-8,10-11H2,1-2H3. The maximum absolute atomic E-state index is 12.6. The summed E-state index contributed by atoms with van der Waals surface area (Å²) in [5.41, 5.74) is 0.891. The molecule has 142 valence electrons. The Kier molecular flexibility index (Phi) is 5.07. The quantitative estimate of drug-likeness (QED) is 0.428. The fourth-order valence-electron chi connectivity index (χ4n) is 3.22. The van der Waals surface area contributed by atoms with Crippen molar-refractivity contribution >= 4 is 35.2 Å². The van der Waals surface area contributed by atoms with Crippen LogP contribution in [0.1, 0.15) is 37.0 Å². The van der Waals surface area contributed by atoms with Gasteiger partial charge in [0.1, 0.15) is 0 Å². The number of carbonyl (C=O) groups is 5. The number of hydrogen-bond acceptors (Lipinski definition) is 5. The largest absolute Gasteiger partial charge is 0.334 e. The molecule has 8 heteroatoms. The molecule has 8 nitrogen and oxygen atoms in total. The second-order valence-corrected chi connectivity index (χ2v) is 7.11. The Morgan fingerprint density at radius 3 is 2.41 bits per heavy atom. The van der Waals surface area contributed by atoms with Gasteiger partial charge in [-0.25, -0.2) is 9.69 Å². The highest BCUT2D eigenvalue weighted by molar-refractivity contribution is 6.45. The number of Topliss-reactive ketones (excluding diaryl/α,β-unsaturated/α-hetero) is 1. The van der Waals surface area contributed by atoms with E-state index in [2.05, 4.69) is 0 Å². The van der Waals surface area contributed by atoms with Crippen LogP contribution in [0.25, 0.3) is 0 Å². The number of imide groups is 2. The van der Waals surface area contributed by atoms with Crippen molar-refractivity contribution in [2.75, 3.05) is 24.5 Å². The molecule has 2 heterocycles. The lowest BCUT2D eigenvalue weighted by molar-refractivity contribution is -0.143. The lowest BCUT2D eigenvalue weighted by Gasteiger charge is -2.18. The van der Waals surface area contributed by atoms with Gasteiger partial charge in [-0.2, -0.15) is 0 Å². The predicted octanol–water partition coefficient (Wildman–Crippen LogP) is 1.44. The lowest BCUT2D eigenvalue weighted by atomic mass is 10.1. The van der Waals surface area contributed by atoms with Gasteiger partial charge in [-0.05, 0) is 24.5 Å². The van der Waals surface area contributed by atoms with Crippen LogP contribution in [0, 0.1) is 5.92 Å². The monoisotopic (exact) mass is 371 g/mol. The van der Waals surface area contributed by atoms with Gasteiger partial charge in [0.2, 0.25) is 5.91 Å². The van der Waals surface area contributed by atoms with E-state index in [0.717, 1.165) is 11.3 Å². The number of hydrogen-bond donors (Lipinski definition) is 0. The third-order valence-corrected chi connectivity index (χ3v) is 4.54. The zero-order valence-corrected chi connectivity index (χ0v) is 15.3. The minimum atomic E-state index is -0.986. The fraction of sp³-hybridized carbons (Fsp3) is 0.421. The molecule has 0 unspecified atom stereocenters. The molecule has 0 bridgehead atoms. The van der Waals surface area contributed by atoms with Gasteiger partial charge < -0.3 is 4.90 Å². The van der Waals surface area contributed by atoms with Gasteiger partial charge in [0.25, 0.3) is 0 Å². The Morgan fingerprint density at radius 2 is 1.78 bits per heavy atom. The van der Waals surface area contributed by atoms with Crippen molar-refractivity contribution in [3.8, 4) is 0 Å². The molecular formula is C19H21N3O5. The minimum absolute atomic E-state index is 0.000536. The van der Waals surface area contributed by atoms with Gasteiger partial charge in [-0.3, -0.25) is 24.1 Å². The smallest absolute Gasteiger partial charge is 0.312 e. The summed E-state index contributed by atoms with van der Waals surface area (Å²) in [6.45, 7) is 3.86. The second kappa shape index (κ2) is 7.30. The van der Waals surface area contributed by atoms with E-state index in [1.54, 1.807) is 29.2 Å². The fourth-order valence-corrected chi connectivity index (χ4v) is 3.22. The summed E-state index contributed by atoms with van der Waals surface area (Å²) in [6.07, 6.45) is 1.24. The summed E-state index contributed by atoms with van der Waals surface area (Å²) in [4.78, 5) is 64.1. The Morgan fingerprint density at radius 1 is 1.07 bits per heavy atom. The molecule has 1 aromatic carbocycles. The van der Waals surface area contributed by atoms with E-state index in [1.807, 2.05) is 13.8 Å². The molecule has 2 aliphatic rings. The van der Waals surface area contributed by atoms with Crippen LogP contribution in [0.3, 0.4) is 0 Å². The number of amides is 5. The topological polar surface area (TPSA) is 95.1 Å². The van der Waals surface area contributed by atoms with E-state index in [0.29, 0.717) is 23.6 Å². The van der Waals surface area contributed by atoms with Crippen LogP contribution in [0.5, 0.6) is 0 Å². The molecule has 0 aliphatic carbocycles. The van der Waals surface area contributed by atoms with Gasteiger partial charge in [0, 0.05) is 30.8 Å². The average Bonchev–Trinajstić information content (AvgIpc) is 3.14. The van der Waals surface area contributed by atoms with Gasteiger partial charge in [-0.1, -0.05) is 26.0 Å². The van der Waals surface area contributed by atoms with E-state index >= 15 is 0 Å². The Bertz CT molecular complexity index is 832. The predicted molar refractivity (Wildman–Crippen MR) is 96.0 cm³/mol. The molecule has 0 atom stereocenters. The molecule has 0 spiro atoms. The van der Waals surface area contributed by atoms with Gasteiger partial charge >= 0.3 is 17.8 Å². The van der Waals surface area contributed by atoms with Crippen molar-refractivity contribution in [3.05, 3.63) is 29.8 Å². The van der Waals surface area contributed by atoms with Crippen molar-refractivity contribution in [1.29, 1.82) is 0 Å². The summed E-state index contributed by atoms with van der Waals surface area (Å²) < 4.78 is 0. The molecule has 3 rings (SSSR count). The van der Waals surface area contributed by atoms with Crippen molar-refractivity contribution < 1.29 is 24.0 Å². The highest BCUT2D eigenvalue weighted by atomic mass is 16.2. The van der Waals surface area contributed by atoms with Gasteiger partial charge in [0.05, 0.1) is 6.54 Å². The zero-order valence-electron chi connectivity index (χ0n) is 15.3. The van der Waals surface area contributed by atoms with E-state index < -0.39 is 30.2 Å². The third kappa shape index (κ3) is 3.60. The summed E-state index contributed by atoms with van der Waals surface area (Å²) in [5, 5.41) is 0. The van der Waals surface area contributed by atoms with E-state index in [-0.39, 0.29) is 23.9 Å². The van der Waals surface area contributed by atoms with Gasteiger partial charge in [-0.15, -0.1) is 0 Å². The van der Waals surface area contributed by atoms with Crippen LogP contribution >= 0.6 is 0 Å². The maximum atomic E-state index is 12.6. The Balaban J connectivity index is 1.75. The third-order valence-electron chi connectivity index (χ3n) is 4.54. The molecule has 0 N–H and O–H groups in total. The maximum Gasteiger partial charge on any atom is 0.334 e. The van der Waals surface area contributed by atoms with Crippen LogP contribution in [0.2, 0.25) is 0 Å². The number of nitrogens with zero attached hydrogens (tertiary/aromatic N) is 3. The molecule has 0 radical (unpaired) electrons. The van der Waals surface area contributed by atoms with Crippen LogP contribution in [0.4, 0.5) is 10.5 Å². The number of rotatable bonds is 6. The van der Waals surface area contributed by atoms with Gasteiger partial charge in [0.15, 0.2) is 5.78 Å². The van der Waals surface area contributed by atoms with Crippen molar-refractivity contribution in [3.63, 3.8) is 0 Å². The molecule has 1 aromatic rings. The minimum Gasteiger partial charge on any atom is -0.312 e. The first kappa shape index (κ1) is 18.8. The highest BCUT2D eigenvalue weighted by Crippen LogP contribution is 2.23. The van der Waals surface area contributed by atoms with E-state index in [4.69, 9.17) is 0 Å². The summed E-state index contributed by atoms with van der Waals surface area (Å²) in [6, 6.07) is 5.76. The Labute approximate surface area is 156 Å². The molecule has 27 heavy (non-hydrogen) atoms. The number of urea groups is 1. The van der Waals surface area contributed by atoms with Crippen molar-refractivity contribution in [1.82, 2.24) is 9.80 Å². The number of ketones is 1. The highest BCUT2D eigenvalue weighted by Gasteiger charge is 2.45. The first-order chi connectivity index (χ1) is 12.8. The van der Waals surface area contributed by atoms with Crippen LogP contribution < -0.4 is 4.90 Å². The second-order valence-electron chi connectivity index (χ2n) is 7.11. The summed E-state index contributed by atoms with van der Waals surface area (Å²) in [5.74, 6) is -2.35. The summed E-state index contributed by atoms with van der Waals surface area (Å²) >= 11 is 0. The van der Waals surface area contributed by atoms with Crippen molar-refractivity contribution in [2.45, 2.75) is 26.7 Å². The van der Waals surface area contributed by atoms with E-state index in [9.17, 15) is 24.0 Å². The molecule has 2 saturated heterocycles. The number of benzene rings is 1. The zero-order chi connectivity index (χ0) is 19.7. The molecule has 0 aromatic heterocycles. The lowest BCUT2D eigenvalue weighted by Crippen LogP contribution is -2.38.